The molecule has 0 bridgehead atoms. The van der Waals surface area contributed by atoms with Crippen molar-refractivity contribution in [1.29, 1.82) is 0 Å². The van der Waals surface area contributed by atoms with Crippen LogP contribution in [0.1, 0.15) is 21.7 Å². The van der Waals surface area contributed by atoms with Crippen molar-refractivity contribution in [3.05, 3.63) is 76.0 Å². The Bertz CT molecular complexity index is 1010. The first kappa shape index (κ1) is 20.8. The molecule has 6 nitrogen and oxygen atoms in total. The van der Waals surface area contributed by atoms with Gasteiger partial charge in [0.05, 0.1) is 29.2 Å². The molecule has 150 valence electrons. The van der Waals surface area contributed by atoms with Crippen LogP contribution in [-0.4, -0.2) is 46.6 Å². The average molecular weight is 456 g/mol. The minimum Gasteiger partial charge on any atom is -0.492 e. The molecule has 0 saturated carbocycles. The molecule has 7 heteroatoms. The number of nitrogens with zero attached hydrogens (tertiary/aromatic N) is 3. The Labute approximate surface area is 178 Å². The van der Waals surface area contributed by atoms with Crippen molar-refractivity contribution in [2.24, 2.45) is 0 Å². The summed E-state index contributed by atoms with van der Waals surface area (Å²) in [6, 6.07) is 16.9. The second-order valence-electron chi connectivity index (χ2n) is 6.65. The lowest BCUT2D eigenvalue weighted by atomic mass is 10.1. The van der Waals surface area contributed by atoms with Crippen LogP contribution in [0.4, 0.5) is 0 Å². The van der Waals surface area contributed by atoms with Gasteiger partial charge in [-0.05, 0) is 50.2 Å². The monoisotopic (exact) mass is 455 g/mol. The summed E-state index contributed by atoms with van der Waals surface area (Å²) in [5, 5.41) is 4.45. The van der Waals surface area contributed by atoms with Crippen LogP contribution >= 0.6 is 15.9 Å². The van der Waals surface area contributed by atoms with E-state index in [4.69, 9.17) is 4.74 Å². The van der Waals surface area contributed by atoms with E-state index in [1.807, 2.05) is 54.6 Å². The number of para-hydroxylation sites is 1. The number of likely N-dealkylation sites (N-methyl/N-ethyl adjacent to an activating group) is 1. The number of carbonyl (C=O) groups excluding carboxylic acids is 2. The number of ketones is 1. The van der Waals surface area contributed by atoms with Crippen LogP contribution in [0.5, 0.6) is 5.75 Å². The number of halogens is 1. The van der Waals surface area contributed by atoms with Crippen molar-refractivity contribution in [2.45, 2.75) is 13.8 Å². The van der Waals surface area contributed by atoms with Crippen molar-refractivity contribution in [2.75, 3.05) is 20.2 Å². The predicted molar refractivity (Wildman–Crippen MR) is 115 cm³/mol. The Kier molecular flexibility index (Phi) is 6.49. The molecule has 0 atom stereocenters. The van der Waals surface area contributed by atoms with E-state index in [2.05, 4.69) is 21.0 Å². The first-order valence-corrected chi connectivity index (χ1v) is 9.97. The van der Waals surface area contributed by atoms with Crippen LogP contribution in [0.15, 0.2) is 59.1 Å². The Balaban J connectivity index is 1.67. The van der Waals surface area contributed by atoms with E-state index in [-0.39, 0.29) is 0 Å². The lowest BCUT2D eigenvalue weighted by molar-refractivity contribution is -0.125. The summed E-state index contributed by atoms with van der Waals surface area (Å²) in [5.74, 6) is -0.437. The van der Waals surface area contributed by atoms with Gasteiger partial charge in [-0.15, -0.1) is 0 Å². The number of rotatable bonds is 7. The van der Waals surface area contributed by atoms with Crippen molar-refractivity contribution in [3.63, 3.8) is 0 Å². The van der Waals surface area contributed by atoms with Gasteiger partial charge in [0.1, 0.15) is 12.4 Å². The van der Waals surface area contributed by atoms with Gasteiger partial charge in [-0.2, -0.15) is 5.10 Å². The summed E-state index contributed by atoms with van der Waals surface area (Å²) in [6.07, 6.45) is 0. The molecule has 0 fully saturated rings. The number of ether oxygens (including phenoxy) is 1. The van der Waals surface area contributed by atoms with Crippen LogP contribution in [-0.2, 0) is 4.79 Å². The zero-order chi connectivity index (χ0) is 21.0. The molecule has 0 aliphatic rings. The molecule has 0 radical (unpaired) electrons. The number of hydrogen-bond donors (Lipinski definition) is 0. The van der Waals surface area contributed by atoms with E-state index in [1.54, 1.807) is 25.6 Å². The van der Waals surface area contributed by atoms with Gasteiger partial charge < -0.3 is 9.64 Å². The number of amides is 1. The summed E-state index contributed by atoms with van der Waals surface area (Å²) in [5.41, 5.74) is 2.37. The molecule has 3 aromatic rings. The van der Waals surface area contributed by atoms with Gasteiger partial charge >= 0.3 is 0 Å². The van der Waals surface area contributed by atoms with Crippen molar-refractivity contribution >= 4 is 27.6 Å². The third-order valence-electron chi connectivity index (χ3n) is 4.57. The smallest absolute Gasteiger partial charge is 0.294 e. The number of hydrogen-bond acceptors (Lipinski definition) is 4. The van der Waals surface area contributed by atoms with E-state index < -0.39 is 11.7 Å². The number of Topliss-reactive ketones (excluding diaryl/α,β-unsaturated/α-hetero) is 1. The standard InChI is InChI=1S/C22H22BrN3O3/c1-15-20(16(2)26(24-15)18-7-5-4-6-8-18)21(27)22(28)25(3)13-14-29-19-11-9-17(23)10-12-19/h4-12H,13-14H2,1-3H3. The highest BCUT2D eigenvalue weighted by Gasteiger charge is 2.27. The Morgan fingerprint density at radius 1 is 1.07 bits per heavy atom. The van der Waals surface area contributed by atoms with Crippen molar-refractivity contribution in [1.82, 2.24) is 14.7 Å². The molecule has 1 aromatic heterocycles. The molecule has 0 N–H and O–H groups in total. The minimum atomic E-state index is -0.580. The SMILES string of the molecule is Cc1nn(-c2ccccc2)c(C)c1C(=O)C(=O)N(C)CCOc1ccc(Br)cc1. The maximum Gasteiger partial charge on any atom is 0.294 e. The highest BCUT2D eigenvalue weighted by Crippen LogP contribution is 2.19. The van der Waals surface area contributed by atoms with Gasteiger partial charge in [0.2, 0.25) is 0 Å². The quantitative estimate of drug-likeness (QED) is 0.399. The lowest BCUT2D eigenvalue weighted by Gasteiger charge is -2.17. The molecule has 2 aromatic carbocycles. The highest BCUT2D eigenvalue weighted by atomic mass is 79.9. The molecule has 3 rings (SSSR count). The third kappa shape index (κ3) is 4.74. The second kappa shape index (κ2) is 9.05. The second-order valence-corrected chi connectivity index (χ2v) is 7.57. The van der Waals surface area contributed by atoms with Gasteiger partial charge in [0.15, 0.2) is 0 Å². The molecule has 0 spiro atoms. The first-order chi connectivity index (χ1) is 13.9. The molecule has 0 aliphatic heterocycles. The van der Waals surface area contributed by atoms with Crippen LogP contribution in [0, 0.1) is 13.8 Å². The van der Waals surface area contributed by atoms with Crippen LogP contribution < -0.4 is 4.74 Å². The summed E-state index contributed by atoms with van der Waals surface area (Å²) in [4.78, 5) is 26.9. The summed E-state index contributed by atoms with van der Waals surface area (Å²) < 4.78 is 8.28. The highest BCUT2D eigenvalue weighted by molar-refractivity contribution is 9.10. The Morgan fingerprint density at radius 3 is 2.38 bits per heavy atom. The minimum absolute atomic E-state index is 0.290. The maximum atomic E-state index is 12.9. The zero-order valence-corrected chi connectivity index (χ0v) is 18.1. The summed E-state index contributed by atoms with van der Waals surface area (Å²) in [7, 11) is 1.59. The summed E-state index contributed by atoms with van der Waals surface area (Å²) >= 11 is 3.37. The molecule has 0 unspecified atom stereocenters. The molecular formula is C22H22BrN3O3. The topological polar surface area (TPSA) is 64.4 Å². The number of aromatic nitrogens is 2. The maximum absolute atomic E-state index is 12.9. The number of carbonyl (C=O) groups is 2. The molecule has 1 amide bonds. The molecular weight excluding hydrogens is 434 g/mol. The Hall–Kier alpha value is -2.93. The van der Waals surface area contributed by atoms with E-state index in [0.29, 0.717) is 35.9 Å². The van der Waals surface area contributed by atoms with Gasteiger partial charge in [-0.3, -0.25) is 9.59 Å². The summed E-state index contributed by atoms with van der Waals surface area (Å²) in [6.45, 7) is 4.12. The van der Waals surface area contributed by atoms with E-state index >= 15 is 0 Å². The average Bonchev–Trinajstić information content (AvgIpc) is 3.03. The van der Waals surface area contributed by atoms with Crippen molar-refractivity contribution in [3.8, 4) is 11.4 Å². The normalized spacial score (nSPS) is 10.6. The van der Waals surface area contributed by atoms with Crippen LogP contribution in [0.25, 0.3) is 5.69 Å². The lowest BCUT2D eigenvalue weighted by Crippen LogP contribution is -2.36. The van der Waals surface area contributed by atoms with Crippen molar-refractivity contribution < 1.29 is 14.3 Å². The first-order valence-electron chi connectivity index (χ1n) is 9.18. The third-order valence-corrected chi connectivity index (χ3v) is 5.10. The number of aryl methyl sites for hydroxylation is 1. The Morgan fingerprint density at radius 2 is 1.72 bits per heavy atom. The van der Waals surface area contributed by atoms with E-state index in [1.165, 1.54) is 4.90 Å². The predicted octanol–water partition coefficient (Wildman–Crippen LogP) is 3.97. The van der Waals surface area contributed by atoms with E-state index in [0.717, 1.165) is 10.2 Å². The van der Waals surface area contributed by atoms with Gasteiger partial charge in [0, 0.05) is 11.5 Å². The van der Waals surface area contributed by atoms with Gasteiger partial charge in [0.25, 0.3) is 11.7 Å². The van der Waals surface area contributed by atoms with Crippen LogP contribution in [0.2, 0.25) is 0 Å². The molecule has 1 heterocycles. The fourth-order valence-corrected chi connectivity index (χ4v) is 3.27. The fraction of sp³-hybridized carbons (Fsp3) is 0.227. The number of benzene rings is 2. The largest absolute Gasteiger partial charge is 0.492 e. The van der Waals surface area contributed by atoms with E-state index in [9.17, 15) is 9.59 Å². The van der Waals surface area contributed by atoms with Crippen LogP contribution in [0.3, 0.4) is 0 Å². The van der Waals surface area contributed by atoms with Gasteiger partial charge in [-0.1, -0.05) is 34.1 Å². The zero-order valence-electron chi connectivity index (χ0n) is 16.6. The molecule has 0 aliphatic carbocycles. The molecule has 29 heavy (non-hydrogen) atoms. The molecule has 0 saturated heterocycles. The fourth-order valence-electron chi connectivity index (χ4n) is 3.00. The van der Waals surface area contributed by atoms with Gasteiger partial charge in [-0.25, -0.2) is 4.68 Å².